The van der Waals surface area contributed by atoms with Crippen LogP contribution in [-0.2, 0) is 11.3 Å². The van der Waals surface area contributed by atoms with E-state index in [0.717, 1.165) is 11.3 Å². The Morgan fingerprint density at radius 1 is 1.14 bits per heavy atom. The number of aromatic nitrogens is 2. The van der Waals surface area contributed by atoms with Crippen molar-refractivity contribution in [3.8, 4) is 22.9 Å². The normalized spacial score (nSPS) is 11.7. The third kappa shape index (κ3) is 5.10. The van der Waals surface area contributed by atoms with Gasteiger partial charge in [-0.05, 0) is 55.0 Å². The van der Waals surface area contributed by atoms with E-state index in [2.05, 4.69) is 10.1 Å². The van der Waals surface area contributed by atoms with Crippen molar-refractivity contribution >= 4 is 5.91 Å². The molecular formula is C21H22FN3O4. The lowest BCUT2D eigenvalue weighted by Crippen LogP contribution is -2.39. The van der Waals surface area contributed by atoms with Crippen molar-refractivity contribution < 1.29 is 23.2 Å². The molecule has 7 nitrogen and oxygen atoms in total. The van der Waals surface area contributed by atoms with Crippen LogP contribution in [0.5, 0.6) is 11.5 Å². The van der Waals surface area contributed by atoms with E-state index >= 15 is 0 Å². The maximum Gasteiger partial charge on any atom is 0.263 e. The smallest absolute Gasteiger partial charge is 0.263 e. The van der Waals surface area contributed by atoms with Gasteiger partial charge in [-0.2, -0.15) is 4.98 Å². The van der Waals surface area contributed by atoms with Gasteiger partial charge in [0.2, 0.25) is 11.7 Å². The van der Waals surface area contributed by atoms with Crippen molar-refractivity contribution in [3.63, 3.8) is 0 Å². The van der Waals surface area contributed by atoms with Gasteiger partial charge >= 0.3 is 0 Å². The molecule has 0 radical (unpaired) electrons. The Bertz CT molecular complexity index is 941. The lowest BCUT2D eigenvalue weighted by Gasteiger charge is -2.22. The molecule has 3 aromatic rings. The van der Waals surface area contributed by atoms with Crippen molar-refractivity contribution in [2.45, 2.75) is 26.0 Å². The molecular weight excluding hydrogens is 377 g/mol. The highest BCUT2D eigenvalue weighted by molar-refractivity contribution is 5.80. The van der Waals surface area contributed by atoms with Gasteiger partial charge in [-0.1, -0.05) is 12.1 Å². The minimum atomic E-state index is -0.700. The van der Waals surface area contributed by atoms with Crippen LogP contribution in [0.1, 0.15) is 19.2 Å². The second-order valence-corrected chi connectivity index (χ2v) is 6.40. The molecule has 0 saturated heterocycles. The van der Waals surface area contributed by atoms with E-state index in [-0.39, 0.29) is 18.3 Å². The number of hydrogen-bond donors (Lipinski definition) is 0. The van der Waals surface area contributed by atoms with Gasteiger partial charge in [0.05, 0.1) is 13.7 Å². The number of hydrogen-bond acceptors (Lipinski definition) is 6. The van der Waals surface area contributed by atoms with Crippen molar-refractivity contribution in [2.75, 3.05) is 14.2 Å². The highest BCUT2D eigenvalue weighted by atomic mass is 19.1. The molecule has 152 valence electrons. The molecule has 1 amide bonds. The maximum atomic E-state index is 13.0. The number of halogens is 1. The van der Waals surface area contributed by atoms with Crippen LogP contribution in [0.2, 0.25) is 0 Å². The molecule has 2 aromatic carbocycles. The number of likely N-dealkylation sites (N-methyl/N-ethyl adjacent to an activating group) is 1. The average molecular weight is 399 g/mol. The summed E-state index contributed by atoms with van der Waals surface area (Å²) in [5.41, 5.74) is 0.779. The van der Waals surface area contributed by atoms with Crippen LogP contribution in [0.3, 0.4) is 0 Å². The molecule has 29 heavy (non-hydrogen) atoms. The number of carbonyl (C=O) groups excluding carboxylic acids is 1. The topological polar surface area (TPSA) is 77.7 Å². The molecule has 0 aliphatic rings. The van der Waals surface area contributed by atoms with Gasteiger partial charge < -0.3 is 18.9 Å². The van der Waals surface area contributed by atoms with Crippen molar-refractivity contribution in [2.24, 2.45) is 0 Å². The van der Waals surface area contributed by atoms with E-state index in [1.165, 1.54) is 29.2 Å². The summed E-state index contributed by atoms with van der Waals surface area (Å²) < 4.78 is 29.1. The Hall–Kier alpha value is -3.42. The van der Waals surface area contributed by atoms with Gasteiger partial charge in [0.15, 0.2) is 6.10 Å². The van der Waals surface area contributed by atoms with Crippen LogP contribution in [0.15, 0.2) is 53.1 Å². The summed E-state index contributed by atoms with van der Waals surface area (Å²) in [5.74, 6) is 1.30. The number of amides is 1. The summed E-state index contributed by atoms with van der Waals surface area (Å²) in [7, 11) is 3.23. The minimum absolute atomic E-state index is 0.144. The first-order valence-corrected chi connectivity index (χ1v) is 9.14. The van der Waals surface area contributed by atoms with Crippen molar-refractivity contribution in [3.05, 3.63) is 60.2 Å². The van der Waals surface area contributed by atoms with Gasteiger partial charge in [0, 0.05) is 12.6 Å². The number of rotatable bonds is 8. The Kier molecular flexibility index (Phi) is 6.43. The van der Waals surface area contributed by atoms with Crippen molar-refractivity contribution in [1.29, 1.82) is 0 Å². The second-order valence-electron chi connectivity index (χ2n) is 6.40. The quantitative estimate of drug-likeness (QED) is 0.575. The molecule has 8 heteroatoms. The first kappa shape index (κ1) is 20.3. The second kappa shape index (κ2) is 9.18. The third-order valence-electron chi connectivity index (χ3n) is 4.30. The van der Waals surface area contributed by atoms with Crippen LogP contribution < -0.4 is 9.47 Å². The first-order valence-electron chi connectivity index (χ1n) is 9.14. The highest BCUT2D eigenvalue weighted by Gasteiger charge is 2.24. The highest BCUT2D eigenvalue weighted by Crippen LogP contribution is 2.20. The monoisotopic (exact) mass is 399 g/mol. The number of methoxy groups -OCH3 is 1. The fourth-order valence-electron chi connectivity index (χ4n) is 2.69. The summed E-state index contributed by atoms with van der Waals surface area (Å²) in [6, 6.07) is 12.8. The number of ether oxygens (including phenoxy) is 2. The first-order chi connectivity index (χ1) is 14.0. The van der Waals surface area contributed by atoms with Crippen LogP contribution in [0.4, 0.5) is 4.39 Å². The molecule has 0 aliphatic heterocycles. The fraction of sp³-hybridized carbons (Fsp3) is 0.286. The van der Waals surface area contributed by atoms with Gasteiger partial charge in [0.1, 0.15) is 17.3 Å². The third-order valence-corrected chi connectivity index (χ3v) is 4.30. The molecule has 0 aliphatic carbocycles. The molecule has 0 unspecified atom stereocenters. The molecule has 3 rings (SSSR count). The summed E-state index contributed by atoms with van der Waals surface area (Å²) in [4.78, 5) is 18.5. The molecule has 0 N–H and O–H groups in total. The predicted octanol–water partition coefficient (Wildman–Crippen LogP) is 3.70. The zero-order valence-corrected chi connectivity index (χ0v) is 16.5. The molecule has 0 spiro atoms. The maximum absolute atomic E-state index is 13.0. The summed E-state index contributed by atoms with van der Waals surface area (Å²) in [5, 5.41) is 3.96. The van der Waals surface area contributed by atoms with E-state index in [1.807, 2.05) is 19.1 Å². The van der Waals surface area contributed by atoms with E-state index in [1.54, 1.807) is 26.3 Å². The number of nitrogens with zero attached hydrogens (tertiary/aromatic N) is 3. The van der Waals surface area contributed by atoms with E-state index in [0.29, 0.717) is 23.9 Å². The average Bonchev–Trinajstić information content (AvgIpc) is 3.21. The SMILES string of the molecule is CC[C@@H](Oc1ccc(F)cc1)C(=O)N(C)Cc1nc(-c2ccc(OC)cc2)no1. The largest absolute Gasteiger partial charge is 0.497 e. The Balaban J connectivity index is 1.63. The molecule has 1 atom stereocenters. The van der Waals surface area contributed by atoms with Gasteiger partial charge in [-0.3, -0.25) is 4.79 Å². The van der Waals surface area contributed by atoms with Crippen LogP contribution in [-0.4, -0.2) is 41.2 Å². The Morgan fingerprint density at radius 3 is 2.41 bits per heavy atom. The fourth-order valence-corrected chi connectivity index (χ4v) is 2.69. The van der Waals surface area contributed by atoms with Crippen molar-refractivity contribution in [1.82, 2.24) is 15.0 Å². The number of carbonyl (C=O) groups is 1. The predicted molar refractivity (Wildman–Crippen MR) is 104 cm³/mol. The van der Waals surface area contributed by atoms with Gasteiger partial charge in [-0.25, -0.2) is 4.39 Å². The minimum Gasteiger partial charge on any atom is -0.497 e. The zero-order chi connectivity index (χ0) is 20.8. The van der Waals surface area contributed by atoms with Gasteiger partial charge in [0.25, 0.3) is 5.91 Å². The van der Waals surface area contributed by atoms with Crippen LogP contribution >= 0.6 is 0 Å². The lowest BCUT2D eigenvalue weighted by molar-refractivity contribution is -0.138. The van der Waals surface area contributed by atoms with Crippen LogP contribution in [0.25, 0.3) is 11.4 Å². The standard InChI is InChI=1S/C21H22FN3O4/c1-4-18(28-17-11-7-15(22)8-12-17)21(26)25(2)13-19-23-20(24-29-19)14-5-9-16(27-3)10-6-14/h5-12,18H,4,13H2,1-3H3/t18-/m1/s1. The Morgan fingerprint density at radius 2 is 1.79 bits per heavy atom. The zero-order valence-electron chi connectivity index (χ0n) is 16.5. The lowest BCUT2D eigenvalue weighted by atomic mass is 10.2. The Labute approximate surface area is 168 Å². The molecule has 0 fully saturated rings. The van der Waals surface area contributed by atoms with E-state index in [9.17, 15) is 9.18 Å². The summed E-state index contributed by atoms with van der Waals surface area (Å²) in [6.45, 7) is 1.99. The van der Waals surface area contributed by atoms with E-state index in [4.69, 9.17) is 14.0 Å². The van der Waals surface area contributed by atoms with Crippen LogP contribution in [0, 0.1) is 5.82 Å². The summed E-state index contributed by atoms with van der Waals surface area (Å²) >= 11 is 0. The summed E-state index contributed by atoms with van der Waals surface area (Å²) in [6.07, 6.45) is -0.240. The molecule has 0 saturated carbocycles. The number of benzene rings is 2. The molecule has 1 heterocycles. The van der Waals surface area contributed by atoms with E-state index < -0.39 is 6.10 Å². The molecule has 0 bridgehead atoms. The molecule has 1 aromatic heterocycles. The van der Waals surface area contributed by atoms with Gasteiger partial charge in [-0.15, -0.1) is 0 Å².